The first-order valence-corrected chi connectivity index (χ1v) is 13.2. The maximum atomic E-state index is 13.9. The number of carbonyl (C=O) groups excluding carboxylic acids is 1. The molecule has 10 heteroatoms. The monoisotopic (exact) mass is 510 g/mol. The fourth-order valence-electron chi connectivity index (χ4n) is 6.11. The third-order valence-corrected chi connectivity index (χ3v) is 8.30. The normalized spacial score (nSPS) is 25.5. The van der Waals surface area contributed by atoms with Gasteiger partial charge in [0.2, 0.25) is 0 Å². The second-order valence-corrected chi connectivity index (χ2v) is 10.9. The van der Waals surface area contributed by atoms with Crippen LogP contribution in [0.2, 0.25) is 0 Å². The first-order chi connectivity index (χ1) is 17.9. The maximum Gasteiger partial charge on any atom is 0.284 e. The minimum absolute atomic E-state index is 0.0353. The molecule has 0 aromatic carbocycles. The number of fused-ring (bicyclic) bond motifs is 3. The van der Waals surface area contributed by atoms with Crippen LogP contribution in [-0.4, -0.2) is 51.0 Å². The van der Waals surface area contributed by atoms with Gasteiger partial charge in [-0.25, -0.2) is 13.8 Å². The van der Waals surface area contributed by atoms with Gasteiger partial charge in [0.15, 0.2) is 5.69 Å². The smallest absolute Gasteiger partial charge is 0.284 e. The largest absolute Gasteiger partial charge is 0.374 e. The molecule has 3 aliphatic rings. The number of morpholine rings is 1. The number of hydrogen-bond donors (Lipinski definition) is 1. The molecule has 196 valence electrons. The molecular formula is C27H32F2N6O2. The number of pyridine rings is 2. The van der Waals surface area contributed by atoms with E-state index in [1.165, 1.54) is 6.20 Å². The van der Waals surface area contributed by atoms with E-state index in [1.807, 2.05) is 12.1 Å². The zero-order valence-electron chi connectivity index (χ0n) is 21.1. The molecule has 3 aromatic heterocycles. The second-order valence-electron chi connectivity index (χ2n) is 10.9. The zero-order valence-corrected chi connectivity index (χ0v) is 21.1. The summed E-state index contributed by atoms with van der Waals surface area (Å²) < 4.78 is 35.1. The molecule has 2 unspecified atom stereocenters. The molecule has 1 amide bonds. The predicted molar refractivity (Wildman–Crippen MR) is 136 cm³/mol. The Bertz CT molecular complexity index is 1300. The number of ether oxygens (including phenoxy) is 1. The Morgan fingerprint density at radius 2 is 1.95 bits per heavy atom. The first kappa shape index (κ1) is 24.2. The summed E-state index contributed by atoms with van der Waals surface area (Å²) in [6.45, 7) is 5.90. The lowest BCUT2D eigenvalue weighted by Crippen LogP contribution is -2.37. The van der Waals surface area contributed by atoms with Gasteiger partial charge < -0.3 is 15.0 Å². The topological polar surface area (TPSA) is 85.2 Å². The fraction of sp³-hybridized carbons (Fsp3) is 0.556. The summed E-state index contributed by atoms with van der Waals surface area (Å²) in [6.07, 6.45) is 6.92. The molecule has 2 saturated heterocycles. The van der Waals surface area contributed by atoms with Crippen LogP contribution in [0.4, 0.5) is 20.3 Å². The third kappa shape index (κ3) is 4.56. The third-order valence-electron chi connectivity index (χ3n) is 8.30. The van der Waals surface area contributed by atoms with Gasteiger partial charge in [0.05, 0.1) is 41.6 Å². The Balaban J connectivity index is 1.25. The van der Waals surface area contributed by atoms with Crippen molar-refractivity contribution in [1.29, 1.82) is 0 Å². The first-order valence-electron chi connectivity index (χ1n) is 13.2. The van der Waals surface area contributed by atoms with Crippen molar-refractivity contribution in [2.24, 2.45) is 11.8 Å². The Labute approximate surface area is 214 Å². The molecule has 2 aliphatic heterocycles. The number of alkyl halides is 2. The quantitative estimate of drug-likeness (QED) is 0.479. The lowest BCUT2D eigenvalue weighted by atomic mass is 9.80. The van der Waals surface area contributed by atoms with Gasteiger partial charge >= 0.3 is 0 Å². The van der Waals surface area contributed by atoms with E-state index in [4.69, 9.17) is 9.72 Å². The van der Waals surface area contributed by atoms with Crippen LogP contribution in [0.25, 0.3) is 10.9 Å². The molecule has 5 heterocycles. The van der Waals surface area contributed by atoms with Crippen molar-refractivity contribution in [3.05, 3.63) is 42.0 Å². The van der Waals surface area contributed by atoms with Crippen molar-refractivity contribution < 1.29 is 18.3 Å². The molecule has 1 saturated carbocycles. The molecule has 2 atom stereocenters. The highest BCUT2D eigenvalue weighted by Crippen LogP contribution is 2.38. The van der Waals surface area contributed by atoms with Gasteiger partial charge in [-0.3, -0.25) is 14.5 Å². The lowest BCUT2D eigenvalue weighted by molar-refractivity contribution is 0.0988. The molecular weight excluding hydrogens is 478 g/mol. The van der Waals surface area contributed by atoms with E-state index in [9.17, 15) is 13.6 Å². The number of rotatable bonds is 6. The van der Waals surface area contributed by atoms with Gasteiger partial charge in [-0.2, -0.15) is 5.10 Å². The summed E-state index contributed by atoms with van der Waals surface area (Å²) in [5.41, 5.74) is 0.361. The molecule has 1 N–H and O–H groups in total. The van der Waals surface area contributed by atoms with Crippen molar-refractivity contribution in [2.75, 3.05) is 23.4 Å². The van der Waals surface area contributed by atoms with E-state index >= 15 is 0 Å². The molecule has 0 radical (unpaired) electrons. The Morgan fingerprint density at radius 1 is 1.14 bits per heavy atom. The van der Waals surface area contributed by atoms with Gasteiger partial charge in [-0.15, -0.1) is 0 Å². The fourth-order valence-corrected chi connectivity index (χ4v) is 6.11. The summed E-state index contributed by atoms with van der Waals surface area (Å²) in [7, 11) is 0. The molecule has 0 spiro atoms. The Morgan fingerprint density at radius 3 is 2.62 bits per heavy atom. The van der Waals surface area contributed by atoms with Crippen molar-refractivity contribution in [3.63, 3.8) is 0 Å². The number of anilines is 2. The van der Waals surface area contributed by atoms with Crippen molar-refractivity contribution >= 4 is 28.3 Å². The van der Waals surface area contributed by atoms with Crippen LogP contribution in [0.15, 0.2) is 30.7 Å². The van der Waals surface area contributed by atoms with Gasteiger partial charge in [-0.05, 0) is 56.1 Å². The number of hydrogen-bond acceptors (Lipinski definition) is 6. The van der Waals surface area contributed by atoms with Gasteiger partial charge in [0, 0.05) is 30.5 Å². The summed E-state index contributed by atoms with van der Waals surface area (Å²) in [5.74, 6) is 1.52. The summed E-state index contributed by atoms with van der Waals surface area (Å²) in [6, 6.07) is 4.16. The van der Waals surface area contributed by atoms with E-state index in [2.05, 4.69) is 34.1 Å². The molecule has 3 aromatic rings. The number of halogens is 2. The van der Waals surface area contributed by atoms with Crippen LogP contribution in [0.1, 0.15) is 74.5 Å². The number of aromatic nitrogens is 4. The molecule has 2 bridgehead atoms. The van der Waals surface area contributed by atoms with Crippen molar-refractivity contribution in [2.45, 2.75) is 70.6 Å². The molecule has 1 aliphatic carbocycles. The van der Waals surface area contributed by atoms with Gasteiger partial charge in [0.25, 0.3) is 12.3 Å². The Kier molecular flexibility index (Phi) is 6.30. The van der Waals surface area contributed by atoms with Crippen LogP contribution in [0, 0.1) is 11.8 Å². The van der Waals surface area contributed by atoms with E-state index in [0.29, 0.717) is 29.3 Å². The van der Waals surface area contributed by atoms with Crippen molar-refractivity contribution in [3.8, 4) is 0 Å². The highest BCUT2D eigenvalue weighted by molar-refractivity contribution is 6.11. The van der Waals surface area contributed by atoms with E-state index < -0.39 is 18.0 Å². The summed E-state index contributed by atoms with van der Waals surface area (Å²) in [4.78, 5) is 24.6. The van der Waals surface area contributed by atoms with Gasteiger partial charge in [0.1, 0.15) is 5.82 Å². The summed E-state index contributed by atoms with van der Waals surface area (Å²) in [5, 5.41) is 7.60. The minimum atomic E-state index is -2.80. The maximum absolute atomic E-state index is 13.9. The highest BCUT2D eigenvalue weighted by atomic mass is 19.3. The standard InChI is InChI=1S/C27H32F2N6O2/c1-15(2)16-3-6-18(7-4-16)35-13-22(25(33-35)26(28)29)31-27(36)21-11-30-10-17-5-8-23(32-24(17)21)34-12-20-9-19(34)14-37-20/h5,8,10-11,13,15-16,18-20,26H,3-4,6-7,9,12,14H2,1-2H3,(H,31,36). The van der Waals surface area contributed by atoms with Gasteiger partial charge in [-0.1, -0.05) is 13.8 Å². The second kappa shape index (κ2) is 9.63. The molecule has 8 nitrogen and oxygen atoms in total. The average Bonchev–Trinajstić information content (AvgIpc) is 3.64. The number of amides is 1. The number of nitrogens with one attached hydrogen (secondary N) is 1. The molecule has 6 rings (SSSR count). The average molecular weight is 511 g/mol. The molecule has 3 fully saturated rings. The number of carbonyl (C=O) groups is 1. The van der Waals surface area contributed by atoms with E-state index in [1.54, 1.807) is 17.1 Å². The van der Waals surface area contributed by atoms with Crippen LogP contribution in [-0.2, 0) is 4.74 Å². The van der Waals surface area contributed by atoms with Crippen LogP contribution >= 0.6 is 0 Å². The predicted octanol–water partition coefficient (Wildman–Crippen LogP) is 5.38. The summed E-state index contributed by atoms with van der Waals surface area (Å²) >= 11 is 0. The van der Waals surface area contributed by atoms with Crippen LogP contribution < -0.4 is 10.2 Å². The molecule has 37 heavy (non-hydrogen) atoms. The van der Waals surface area contributed by atoms with E-state index in [0.717, 1.165) is 44.5 Å². The zero-order chi connectivity index (χ0) is 25.7. The van der Waals surface area contributed by atoms with E-state index in [-0.39, 0.29) is 29.4 Å². The highest BCUT2D eigenvalue weighted by Gasteiger charge is 2.39. The Hall–Kier alpha value is -3.14. The minimum Gasteiger partial charge on any atom is -0.374 e. The SMILES string of the molecule is CC(C)C1CCC(n2cc(NC(=O)c3cncc4ccc(N5CC6CC5CO6)nc34)c(C(F)F)n2)CC1. The van der Waals surface area contributed by atoms with Crippen LogP contribution in [0.3, 0.4) is 0 Å². The lowest BCUT2D eigenvalue weighted by Gasteiger charge is -2.30. The van der Waals surface area contributed by atoms with Crippen molar-refractivity contribution in [1.82, 2.24) is 19.7 Å². The van der Waals surface area contributed by atoms with Crippen LogP contribution in [0.5, 0.6) is 0 Å². The number of nitrogens with zero attached hydrogens (tertiary/aromatic N) is 5.